The smallest absolute Gasteiger partial charge is 0.417 e. The number of aromatic nitrogens is 1. The maximum Gasteiger partial charge on any atom is 3.00 e. The van der Waals surface area contributed by atoms with Crippen LogP contribution in [0.1, 0.15) is 101 Å². The molecule has 1 radical (unpaired) electrons. The van der Waals surface area contributed by atoms with Crippen LogP contribution in [0.25, 0.3) is 5.57 Å². The molecule has 0 atom stereocenters. The summed E-state index contributed by atoms with van der Waals surface area (Å²) in [5.41, 5.74) is 7.87. The van der Waals surface area contributed by atoms with E-state index in [4.69, 9.17) is 0 Å². The van der Waals surface area contributed by atoms with Crippen LogP contribution in [0, 0.1) is 20.8 Å². The largest absolute Gasteiger partial charge is 3.00 e. The Labute approximate surface area is 207 Å². The zero-order valence-electron chi connectivity index (χ0n) is 21.0. The first kappa shape index (κ1) is 30.3. The molecule has 1 aliphatic carbocycles. The number of aryl methyl sites for hydroxylation is 1. The minimum atomic E-state index is 0. The van der Waals surface area contributed by atoms with E-state index in [2.05, 4.69) is 72.2 Å². The van der Waals surface area contributed by atoms with Gasteiger partial charge < -0.3 is 18.6 Å². The molecular formula is C29H40NNiO. The summed E-state index contributed by atoms with van der Waals surface area (Å²) in [6, 6.07) is 8.25. The van der Waals surface area contributed by atoms with Gasteiger partial charge in [0.1, 0.15) is 0 Å². The van der Waals surface area contributed by atoms with Gasteiger partial charge in [0.05, 0.1) is 0 Å². The number of hydrogen-bond donors (Lipinski definition) is 0. The second kappa shape index (κ2) is 13.1. The van der Waals surface area contributed by atoms with Gasteiger partial charge in [-0.15, -0.1) is 6.07 Å². The van der Waals surface area contributed by atoms with Crippen molar-refractivity contribution in [1.82, 2.24) is 4.98 Å². The van der Waals surface area contributed by atoms with Gasteiger partial charge in [-0.1, -0.05) is 65.9 Å². The molecule has 0 aliphatic heterocycles. The number of pyridine rings is 1. The molecular weight excluding hydrogens is 437 g/mol. The van der Waals surface area contributed by atoms with Crippen molar-refractivity contribution in [2.45, 2.75) is 85.0 Å². The van der Waals surface area contributed by atoms with Crippen LogP contribution in [0.15, 0.2) is 37.0 Å². The quantitative estimate of drug-likeness (QED) is 0.335. The van der Waals surface area contributed by atoms with Gasteiger partial charge in [0.25, 0.3) is 0 Å². The summed E-state index contributed by atoms with van der Waals surface area (Å²) >= 11 is 0. The Morgan fingerprint density at radius 1 is 1.03 bits per heavy atom. The van der Waals surface area contributed by atoms with Crippen LogP contribution in [0.3, 0.4) is 0 Å². The van der Waals surface area contributed by atoms with Crippen molar-refractivity contribution < 1.29 is 21.3 Å². The summed E-state index contributed by atoms with van der Waals surface area (Å²) in [5, 5.41) is 0. The van der Waals surface area contributed by atoms with Crippen molar-refractivity contribution in [1.29, 1.82) is 0 Å². The summed E-state index contributed by atoms with van der Waals surface area (Å²) in [7, 11) is 0. The minimum Gasteiger partial charge on any atom is -0.417 e. The fourth-order valence-electron chi connectivity index (χ4n) is 3.84. The van der Waals surface area contributed by atoms with Crippen molar-refractivity contribution in [3.8, 4) is 0 Å². The van der Waals surface area contributed by atoms with Gasteiger partial charge in [-0.05, 0) is 64.0 Å². The Morgan fingerprint density at radius 2 is 1.50 bits per heavy atom. The predicted octanol–water partition coefficient (Wildman–Crippen LogP) is 7.72. The minimum absolute atomic E-state index is 0. The maximum atomic E-state index is 10.7. The summed E-state index contributed by atoms with van der Waals surface area (Å²) in [6.07, 6.45) is 7.92. The third-order valence-electron chi connectivity index (χ3n) is 5.74. The first-order chi connectivity index (χ1) is 14.5. The first-order valence-electron chi connectivity index (χ1n) is 11.3. The first-order valence-corrected chi connectivity index (χ1v) is 11.3. The van der Waals surface area contributed by atoms with Gasteiger partial charge in [-0.2, -0.15) is 18.9 Å². The normalized spacial score (nSPS) is 14.9. The van der Waals surface area contributed by atoms with Crippen molar-refractivity contribution in [2.75, 3.05) is 0 Å². The summed E-state index contributed by atoms with van der Waals surface area (Å²) in [6.45, 7) is 26.8. The molecule has 1 heterocycles. The molecule has 0 saturated heterocycles. The summed E-state index contributed by atoms with van der Waals surface area (Å²) in [4.78, 5) is 14.8. The van der Waals surface area contributed by atoms with E-state index in [-0.39, 0.29) is 27.3 Å². The third kappa shape index (κ3) is 7.41. The molecule has 1 aromatic heterocycles. The molecule has 0 saturated carbocycles. The zero-order chi connectivity index (χ0) is 23.8. The van der Waals surface area contributed by atoms with E-state index in [1.54, 1.807) is 12.3 Å². The Balaban J connectivity index is 0.00000124. The second-order valence-electron chi connectivity index (χ2n) is 9.49. The Hall–Kier alpha value is -1.73. The Kier molecular flexibility index (Phi) is 12.4. The van der Waals surface area contributed by atoms with Crippen LogP contribution in [-0.4, -0.2) is 11.3 Å². The number of benzene rings is 1. The van der Waals surface area contributed by atoms with Gasteiger partial charge in [-0.3, -0.25) is 4.98 Å². The number of nitrogens with zero attached hydrogens (tertiary/aromatic N) is 1. The van der Waals surface area contributed by atoms with Crippen LogP contribution in [0.2, 0.25) is 0 Å². The number of hydrogen-bond acceptors (Lipinski definition) is 2. The monoisotopic (exact) mass is 476 g/mol. The van der Waals surface area contributed by atoms with Crippen LogP contribution in [-0.2, 0) is 32.1 Å². The summed E-state index contributed by atoms with van der Waals surface area (Å²) < 4.78 is 0. The van der Waals surface area contributed by atoms with E-state index in [1.165, 1.54) is 29.5 Å². The van der Waals surface area contributed by atoms with Gasteiger partial charge in [-0.25, -0.2) is 0 Å². The maximum absolute atomic E-state index is 10.7. The molecule has 2 nitrogen and oxygen atoms in total. The molecule has 0 fully saturated rings. The Morgan fingerprint density at radius 3 is 1.91 bits per heavy atom. The topological polar surface area (TPSA) is 30.0 Å². The fourth-order valence-corrected chi connectivity index (χ4v) is 3.84. The van der Waals surface area contributed by atoms with Crippen molar-refractivity contribution >= 4 is 11.9 Å². The number of carbonyl (C=O) groups excluding carboxylic acids is 1. The number of rotatable bonds is 3. The van der Waals surface area contributed by atoms with E-state index in [0.717, 1.165) is 29.5 Å². The van der Waals surface area contributed by atoms with E-state index in [1.807, 2.05) is 26.2 Å². The molecule has 1 aromatic carbocycles. The van der Waals surface area contributed by atoms with E-state index < -0.39 is 0 Å². The third-order valence-corrected chi connectivity index (χ3v) is 5.74. The van der Waals surface area contributed by atoms with Crippen LogP contribution in [0.4, 0.5) is 0 Å². The average Bonchev–Trinajstić information content (AvgIpc) is 2.72. The fraction of sp³-hybridized carbons (Fsp3) is 0.448. The molecule has 3 heteroatoms. The molecule has 32 heavy (non-hydrogen) atoms. The standard InChI is InChI=1S/C23H26NO.2C3H7.Ni/c1-15-11-20-21(23(5,6)10-9-22(20,3)4)12-19(15)16(2)17-7-8-18(14-25)24-13-17;2*1-3-2;/h7-8,11-13H,2,9-10H2,1,3-6H3;2*1,3H2,2H3;/q3*-1;+3. The van der Waals surface area contributed by atoms with Crippen molar-refractivity contribution in [3.05, 3.63) is 84.4 Å². The molecule has 0 N–H and O–H groups in total. The van der Waals surface area contributed by atoms with Crippen molar-refractivity contribution in [3.63, 3.8) is 0 Å². The average molecular weight is 477 g/mol. The molecule has 0 unspecified atom stereocenters. The second-order valence-corrected chi connectivity index (χ2v) is 9.49. The van der Waals surface area contributed by atoms with Crippen LogP contribution >= 0.6 is 0 Å². The molecule has 0 spiro atoms. The molecule has 0 bridgehead atoms. The molecule has 1 aliphatic rings. The SMILES string of the molecule is C=C(c1ccc([C-]=O)nc1)c1cc2c(cc1C)C(C)(C)CCC2(C)C.[CH2-]CC.[CH2-]CC.[Ni+3]. The Bertz CT molecular complexity index is 877. The van der Waals surface area contributed by atoms with Crippen LogP contribution < -0.4 is 0 Å². The molecule has 0 amide bonds. The van der Waals surface area contributed by atoms with Gasteiger partial charge in [0, 0.05) is 12.5 Å². The molecule has 177 valence electrons. The van der Waals surface area contributed by atoms with E-state index in [0.29, 0.717) is 5.69 Å². The van der Waals surface area contributed by atoms with Crippen LogP contribution in [0.5, 0.6) is 0 Å². The predicted molar refractivity (Wildman–Crippen MR) is 135 cm³/mol. The van der Waals surface area contributed by atoms with Crippen molar-refractivity contribution in [2.24, 2.45) is 0 Å². The zero-order valence-corrected chi connectivity index (χ0v) is 22.0. The van der Waals surface area contributed by atoms with Gasteiger partial charge in [0.2, 0.25) is 0 Å². The van der Waals surface area contributed by atoms with Gasteiger partial charge >= 0.3 is 16.5 Å². The van der Waals surface area contributed by atoms with E-state index in [9.17, 15) is 4.79 Å². The van der Waals surface area contributed by atoms with E-state index >= 15 is 0 Å². The number of fused-ring (bicyclic) bond motifs is 1. The van der Waals surface area contributed by atoms with Gasteiger partial charge in [0.15, 0.2) is 0 Å². The molecule has 2 aromatic rings. The summed E-state index contributed by atoms with van der Waals surface area (Å²) in [5.74, 6) is 0. The molecule has 3 rings (SSSR count).